The van der Waals surface area contributed by atoms with E-state index in [1.54, 1.807) is 52.6 Å². The molecule has 2 aliphatic rings. The van der Waals surface area contributed by atoms with Gasteiger partial charge in [0.25, 0.3) is 11.8 Å². The Balaban J connectivity index is 1.33. The van der Waals surface area contributed by atoms with Crippen LogP contribution in [0.1, 0.15) is 62.9 Å². The van der Waals surface area contributed by atoms with Gasteiger partial charge in [-0.05, 0) is 78.3 Å². The lowest BCUT2D eigenvalue weighted by Gasteiger charge is -2.31. The zero-order valence-electron chi connectivity index (χ0n) is 26.5. The van der Waals surface area contributed by atoms with E-state index in [1.807, 2.05) is 19.1 Å². The van der Waals surface area contributed by atoms with E-state index in [2.05, 4.69) is 20.4 Å². The Morgan fingerprint density at radius 1 is 1.06 bits per heavy atom. The fourth-order valence-electron chi connectivity index (χ4n) is 6.73. The van der Waals surface area contributed by atoms with Crippen LogP contribution in [-0.4, -0.2) is 61.9 Å². The van der Waals surface area contributed by atoms with Crippen LogP contribution in [-0.2, 0) is 37.3 Å². The number of nitrogens with zero attached hydrogens (tertiary/aromatic N) is 6. The largest absolute Gasteiger partial charge is 0.435 e. The van der Waals surface area contributed by atoms with Gasteiger partial charge in [0.15, 0.2) is 5.69 Å². The van der Waals surface area contributed by atoms with Gasteiger partial charge < -0.3 is 19.5 Å². The van der Waals surface area contributed by atoms with Crippen LogP contribution in [0.4, 0.5) is 18.9 Å². The first-order valence-electron chi connectivity index (χ1n) is 16.0. The summed E-state index contributed by atoms with van der Waals surface area (Å²) in [5.41, 5.74) is 3.18. The van der Waals surface area contributed by atoms with Crippen molar-refractivity contribution in [2.24, 2.45) is 7.05 Å². The quantitative estimate of drug-likeness (QED) is 0.245. The summed E-state index contributed by atoms with van der Waals surface area (Å²) in [4.78, 5) is 38.4. The Hall–Kier alpha value is -5.04. The molecule has 0 spiro atoms. The van der Waals surface area contributed by atoms with E-state index in [9.17, 15) is 22.8 Å². The van der Waals surface area contributed by atoms with E-state index < -0.39 is 11.9 Å². The van der Waals surface area contributed by atoms with Crippen LogP contribution in [0.3, 0.4) is 0 Å². The molecule has 5 heterocycles. The molecule has 1 saturated heterocycles. The molecule has 48 heavy (non-hydrogen) atoms. The number of benzene rings is 2. The number of carbonyl (C=O) groups excluding carboxylic acids is 2. The number of hydrogen-bond acceptors (Lipinski definition) is 6. The first kappa shape index (κ1) is 31.6. The number of anilines is 1. The average Bonchev–Trinajstić information content (AvgIpc) is 3.74. The maximum atomic E-state index is 14.5. The Labute approximate surface area is 274 Å². The number of pyridine rings is 1. The van der Waals surface area contributed by atoms with Crippen molar-refractivity contribution in [3.8, 4) is 11.1 Å². The van der Waals surface area contributed by atoms with Crippen molar-refractivity contribution in [1.29, 1.82) is 0 Å². The Morgan fingerprint density at radius 2 is 1.85 bits per heavy atom. The summed E-state index contributed by atoms with van der Waals surface area (Å²) < 4.78 is 50.9. The first-order valence-corrected chi connectivity index (χ1v) is 16.0. The number of ether oxygens (including phenoxy) is 1. The second kappa shape index (κ2) is 12.5. The van der Waals surface area contributed by atoms with Gasteiger partial charge in [-0.25, -0.2) is 4.98 Å². The van der Waals surface area contributed by atoms with Crippen molar-refractivity contribution >= 4 is 28.4 Å². The molecule has 2 aliphatic heterocycles. The Bertz CT molecular complexity index is 2010. The number of aryl methyl sites for hydroxylation is 2. The van der Waals surface area contributed by atoms with E-state index in [0.717, 1.165) is 23.1 Å². The van der Waals surface area contributed by atoms with Crippen molar-refractivity contribution in [3.63, 3.8) is 0 Å². The van der Waals surface area contributed by atoms with Gasteiger partial charge in [0.05, 0.1) is 23.1 Å². The van der Waals surface area contributed by atoms with E-state index in [0.29, 0.717) is 77.0 Å². The molecule has 0 aliphatic carbocycles. The summed E-state index contributed by atoms with van der Waals surface area (Å²) in [5, 5.41) is 7.53. The van der Waals surface area contributed by atoms with E-state index in [1.165, 1.54) is 13.2 Å². The third-order valence-corrected chi connectivity index (χ3v) is 9.06. The Morgan fingerprint density at radius 3 is 2.58 bits per heavy atom. The number of aromatic nitrogens is 5. The van der Waals surface area contributed by atoms with Crippen LogP contribution in [0.5, 0.6) is 0 Å². The van der Waals surface area contributed by atoms with Crippen LogP contribution in [0.2, 0.25) is 0 Å². The molecule has 10 nitrogen and oxygen atoms in total. The van der Waals surface area contributed by atoms with E-state index >= 15 is 0 Å². The highest BCUT2D eigenvalue weighted by molar-refractivity contribution is 6.15. The zero-order chi connectivity index (χ0) is 33.6. The molecule has 1 fully saturated rings. The summed E-state index contributed by atoms with van der Waals surface area (Å²) in [6.45, 7) is 3.70. The highest BCUT2D eigenvalue weighted by Crippen LogP contribution is 2.41. The minimum absolute atomic E-state index is 0.00155. The highest BCUT2D eigenvalue weighted by Gasteiger charge is 2.39. The maximum absolute atomic E-state index is 14.5. The van der Waals surface area contributed by atoms with Gasteiger partial charge in [-0.2, -0.15) is 18.3 Å². The van der Waals surface area contributed by atoms with Crippen LogP contribution >= 0.6 is 0 Å². The number of hydrogen-bond donors (Lipinski definition) is 1. The second-order valence-corrected chi connectivity index (χ2v) is 12.3. The first-order chi connectivity index (χ1) is 23.1. The smallest absolute Gasteiger partial charge is 0.381 e. The van der Waals surface area contributed by atoms with Crippen LogP contribution in [0, 0.1) is 0 Å². The molecule has 13 heteroatoms. The van der Waals surface area contributed by atoms with Gasteiger partial charge >= 0.3 is 6.18 Å². The van der Waals surface area contributed by atoms with Gasteiger partial charge in [-0.3, -0.25) is 19.3 Å². The molecular formula is C35H34F3N7O3. The summed E-state index contributed by atoms with van der Waals surface area (Å²) in [6.07, 6.45) is 5.66. The molecule has 5 aromatic rings. The topological polar surface area (TPSA) is 107 Å². The van der Waals surface area contributed by atoms with Crippen LogP contribution < -0.4 is 10.2 Å². The molecule has 0 unspecified atom stereocenters. The minimum atomic E-state index is -4.68. The molecule has 2 aromatic carbocycles. The highest BCUT2D eigenvalue weighted by atomic mass is 19.4. The van der Waals surface area contributed by atoms with Crippen molar-refractivity contribution in [2.45, 2.75) is 51.4 Å². The van der Waals surface area contributed by atoms with Crippen molar-refractivity contribution in [1.82, 2.24) is 29.6 Å². The normalized spacial score (nSPS) is 15.6. The van der Waals surface area contributed by atoms with Gasteiger partial charge in [0.2, 0.25) is 0 Å². The predicted molar refractivity (Wildman–Crippen MR) is 173 cm³/mol. The summed E-state index contributed by atoms with van der Waals surface area (Å²) >= 11 is 0. The third-order valence-electron chi connectivity index (χ3n) is 9.06. The monoisotopic (exact) mass is 657 g/mol. The van der Waals surface area contributed by atoms with Gasteiger partial charge in [0, 0.05) is 80.7 Å². The number of rotatable bonds is 7. The van der Waals surface area contributed by atoms with E-state index in [-0.39, 0.29) is 30.0 Å². The maximum Gasteiger partial charge on any atom is 0.435 e. The van der Waals surface area contributed by atoms with Gasteiger partial charge in [0.1, 0.15) is 0 Å². The summed E-state index contributed by atoms with van der Waals surface area (Å²) in [7, 11) is 1.45. The fraction of sp³-hybridized carbons (Fsp3) is 0.343. The number of carbonyl (C=O) groups is 2. The standard InChI is InChI=1S/C35H34F3N7O3/c1-3-21-14-27-30(4-8-40-31(27)28(15-21)33(46)41-23-6-12-48-13-7-23)45-10-5-24-25(29-19-43(2)42-32(29)35(36,37)38)16-22(17-26(24)34(45)47)18-44-11-9-39-20-44/h4,8-9,11,14-17,19-20,23H,3,5-7,10,12-13,18H2,1-2H3,(H,41,46). The Kier molecular flexibility index (Phi) is 8.24. The molecule has 0 saturated carbocycles. The lowest BCUT2D eigenvalue weighted by Crippen LogP contribution is -2.39. The molecule has 248 valence electrons. The number of halogens is 3. The molecule has 0 bridgehead atoms. The van der Waals surface area contributed by atoms with Crippen LogP contribution in [0.15, 0.2) is 61.4 Å². The minimum Gasteiger partial charge on any atom is -0.381 e. The number of amides is 2. The average molecular weight is 658 g/mol. The van der Waals surface area contributed by atoms with E-state index in [4.69, 9.17) is 4.74 Å². The predicted octanol–water partition coefficient (Wildman–Crippen LogP) is 5.57. The number of nitrogens with one attached hydrogen (secondary N) is 1. The molecule has 3 aromatic heterocycles. The SMILES string of the molecule is CCc1cc(C(=O)NC2CCOCC2)c2nccc(N3CCc4c(cc(Cn5ccnc5)cc4-c4cn(C)nc4C(F)(F)F)C3=O)c2c1. The molecule has 0 radical (unpaired) electrons. The lowest BCUT2D eigenvalue weighted by atomic mass is 9.87. The third kappa shape index (κ3) is 5.94. The molecule has 7 rings (SSSR count). The number of imidazole rings is 1. The molecular weight excluding hydrogens is 623 g/mol. The van der Waals surface area contributed by atoms with Gasteiger partial charge in [-0.15, -0.1) is 0 Å². The molecule has 0 atom stereocenters. The van der Waals surface area contributed by atoms with Gasteiger partial charge in [-0.1, -0.05) is 6.92 Å². The second-order valence-electron chi connectivity index (χ2n) is 12.3. The fourth-order valence-corrected chi connectivity index (χ4v) is 6.73. The van der Waals surface area contributed by atoms with Crippen molar-refractivity contribution in [2.75, 3.05) is 24.7 Å². The molecule has 1 N–H and O–H groups in total. The molecule has 2 amide bonds. The lowest BCUT2D eigenvalue weighted by molar-refractivity contribution is -0.141. The van der Waals surface area contributed by atoms with Crippen molar-refractivity contribution in [3.05, 3.63) is 95.0 Å². The zero-order valence-corrected chi connectivity index (χ0v) is 26.5. The van der Waals surface area contributed by atoms with Crippen molar-refractivity contribution < 1.29 is 27.5 Å². The van der Waals surface area contributed by atoms with Crippen LogP contribution in [0.25, 0.3) is 22.0 Å². The summed E-state index contributed by atoms with van der Waals surface area (Å²) in [6, 6.07) is 9.03. The summed E-state index contributed by atoms with van der Waals surface area (Å²) in [5.74, 6) is -0.571. The number of fused-ring (bicyclic) bond motifs is 2. The number of alkyl halides is 3.